The minimum atomic E-state index is 0.542. The lowest BCUT2D eigenvalue weighted by Gasteiger charge is -2.24. The van der Waals surface area contributed by atoms with Crippen molar-refractivity contribution in [1.29, 1.82) is 0 Å². The normalized spacial score (nSPS) is 20.4. The van der Waals surface area contributed by atoms with E-state index in [4.69, 9.17) is 4.98 Å². The molecule has 1 saturated heterocycles. The summed E-state index contributed by atoms with van der Waals surface area (Å²) in [7, 11) is 0. The van der Waals surface area contributed by atoms with Gasteiger partial charge in [-0.2, -0.15) is 0 Å². The van der Waals surface area contributed by atoms with Crippen molar-refractivity contribution in [2.75, 3.05) is 5.75 Å². The Balaban J connectivity index is 2.07. The molecular formula is C14H19N3S. The summed E-state index contributed by atoms with van der Waals surface area (Å²) in [5.41, 5.74) is 2.12. The van der Waals surface area contributed by atoms with Crippen molar-refractivity contribution < 1.29 is 0 Å². The molecule has 0 aliphatic carbocycles. The number of fused-ring (bicyclic) bond motifs is 1. The zero-order valence-corrected chi connectivity index (χ0v) is 11.6. The molecule has 2 aromatic rings. The average Bonchev–Trinajstić information content (AvgIpc) is 2.78. The minimum Gasteiger partial charge on any atom is -0.300 e. The van der Waals surface area contributed by atoms with Crippen LogP contribution in [0.25, 0.3) is 11.2 Å². The number of nitrogens with zero attached hydrogens (tertiary/aromatic N) is 3. The molecule has 3 nitrogen and oxygen atoms in total. The highest BCUT2D eigenvalue weighted by Crippen LogP contribution is 2.37. The topological polar surface area (TPSA) is 30.7 Å². The zero-order chi connectivity index (χ0) is 12.4. The van der Waals surface area contributed by atoms with Crippen molar-refractivity contribution in [3.63, 3.8) is 0 Å². The van der Waals surface area contributed by atoms with E-state index >= 15 is 0 Å². The van der Waals surface area contributed by atoms with Crippen molar-refractivity contribution in [1.82, 2.24) is 14.5 Å². The van der Waals surface area contributed by atoms with Gasteiger partial charge in [0, 0.05) is 12.6 Å². The zero-order valence-electron chi connectivity index (χ0n) is 10.8. The molecule has 1 unspecified atom stereocenters. The molecule has 3 heterocycles. The van der Waals surface area contributed by atoms with E-state index in [1.807, 2.05) is 12.3 Å². The molecule has 96 valence electrons. The van der Waals surface area contributed by atoms with Crippen LogP contribution < -0.4 is 0 Å². The second-order valence-electron chi connectivity index (χ2n) is 4.82. The second-order valence-corrected chi connectivity index (χ2v) is 6.10. The Morgan fingerprint density at radius 1 is 1.44 bits per heavy atom. The van der Waals surface area contributed by atoms with E-state index in [-0.39, 0.29) is 0 Å². The Morgan fingerprint density at radius 2 is 2.39 bits per heavy atom. The van der Waals surface area contributed by atoms with E-state index in [1.165, 1.54) is 30.8 Å². The van der Waals surface area contributed by atoms with Gasteiger partial charge >= 0.3 is 0 Å². The molecule has 0 saturated carbocycles. The summed E-state index contributed by atoms with van der Waals surface area (Å²) in [6.07, 6.45) is 8.00. The van der Waals surface area contributed by atoms with E-state index in [0.29, 0.717) is 5.37 Å². The Kier molecular flexibility index (Phi) is 3.55. The van der Waals surface area contributed by atoms with Crippen LogP contribution in [0.3, 0.4) is 0 Å². The molecule has 1 atom stereocenters. The molecule has 1 aliphatic rings. The molecule has 0 amide bonds. The van der Waals surface area contributed by atoms with Gasteiger partial charge in [0.1, 0.15) is 11.3 Å². The summed E-state index contributed by atoms with van der Waals surface area (Å²) < 4.78 is 2.39. The fourth-order valence-electron chi connectivity index (χ4n) is 2.61. The highest BCUT2D eigenvalue weighted by molar-refractivity contribution is 7.99. The number of rotatable bonds is 3. The molecule has 0 N–H and O–H groups in total. The SMILES string of the molecule is CCCc1nc2cccnc2n1C1CCCCS1. The number of aromatic nitrogens is 3. The number of hydrogen-bond donors (Lipinski definition) is 0. The van der Waals surface area contributed by atoms with Gasteiger partial charge in [-0.3, -0.25) is 0 Å². The van der Waals surface area contributed by atoms with Crippen molar-refractivity contribution in [3.8, 4) is 0 Å². The van der Waals surface area contributed by atoms with Crippen LogP contribution in [0, 0.1) is 0 Å². The summed E-state index contributed by atoms with van der Waals surface area (Å²) in [5, 5.41) is 0.542. The summed E-state index contributed by atoms with van der Waals surface area (Å²) in [6.45, 7) is 2.21. The van der Waals surface area contributed by atoms with Gasteiger partial charge in [-0.15, -0.1) is 11.8 Å². The number of hydrogen-bond acceptors (Lipinski definition) is 3. The van der Waals surface area contributed by atoms with Crippen LogP contribution in [0.1, 0.15) is 43.8 Å². The maximum absolute atomic E-state index is 4.76. The number of aryl methyl sites for hydroxylation is 1. The molecular weight excluding hydrogens is 242 g/mol. The van der Waals surface area contributed by atoms with Crippen LogP contribution in [0.15, 0.2) is 18.3 Å². The van der Waals surface area contributed by atoms with Crippen molar-refractivity contribution in [2.24, 2.45) is 0 Å². The Bertz CT molecular complexity index is 529. The lowest BCUT2D eigenvalue weighted by Crippen LogP contribution is -2.13. The third-order valence-electron chi connectivity index (χ3n) is 3.44. The van der Waals surface area contributed by atoms with Gasteiger partial charge in [0.2, 0.25) is 0 Å². The summed E-state index contributed by atoms with van der Waals surface area (Å²) in [6, 6.07) is 4.05. The fraction of sp³-hybridized carbons (Fsp3) is 0.571. The first-order valence-corrected chi connectivity index (χ1v) is 7.88. The first kappa shape index (κ1) is 12.0. The van der Waals surface area contributed by atoms with E-state index < -0.39 is 0 Å². The molecule has 0 radical (unpaired) electrons. The van der Waals surface area contributed by atoms with E-state index in [0.717, 1.165) is 24.0 Å². The third-order valence-corrected chi connectivity index (χ3v) is 4.79. The highest BCUT2D eigenvalue weighted by Gasteiger charge is 2.21. The average molecular weight is 261 g/mol. The molecule has 4 heteroatoms. The first-order chi connectivity index (χ1) is 8.90. The van der Waals surface area contributed by atoms with Gasteiger partial charge in [-0.05, 0) is 43.6 Å². The smallest absolute Gasteiger partial charge is 0.160 e. The van der Waals surface area contributed by atoms with Gasteiger partial charge in [0.05, 0.1) is 5.37 Å². The fourth-order valence-corrected chi connectivity index (χ4v) is 3.95. The van der Waals surface area contributed by atoms with Crippen LogP contribution in [0.4, 0.5) is 0 Å². The van der Waals surface area contributed by atoms with Crippen LogP contribution in [0.2, 0.25) is 0 Å². The molecule has 18 heavy (non-hydrogen) atoms. The van der Waals surface area contributed by atoms with Gasteiger partial charge in [-0.1, -0.05) is 6.92 Å². The molecule has 1 aliphatic heterocycles. The van der Waals surface area contributed by atoms with Crippen LogP contribution in [-0.2, 0) is 6.42 Å². The highest BCUT2D eigenvalue weighted by atomic mass is 32.2. The second kappa shape index (κ2) is 5.31. The Morgan fingerprint density at radius 3 is 3.17 bits per heavy atom. The predicted octanol–water partition coefficient (Wildman–Crippen LogP) is 3.80. The lowest BCUT2D eigenvalue weighted by molar-refractivity contribution is 0.556. The Hall–Kier alpha value is -1.03. The standard InChI is InChI=1S/C14H19N3S/c1-2-6-12-16-11-7-5-9-15-14(11)17(12)13-8-3-4-10-18-13/h5,7,9,13H,2-4,6,8,10H2,1H3. The molecule has 1 fully saturated rings. The molecule has 2 aromatic heterocycles. The number of pyridine rings is 1. The number of thioether (sulfide) groups is 1. The molecule has 0 spiro atoms. The molecule has 0 aromatic carbocycles. The van der Waals surface area contributed by atoms with E-state index in [1.54, 1.807) is 0 Å². The van der Waals surface area contributed by atoms with Crippen LogP contribution >= 0.6 is 11.8 Å². The van der Waals surface area contributed by atoms with Crippen LogP contribution in [0.5, 0.6) is 0 Å². The maximum atomic E-state index is 4.76. The summed E-state index contributed by atoms with van der Waals surface area (Å²) in [4.78, 5) is 9.31. The van der Waals surface area contributed by atoms with Crippen molar-refractivity contribution in [3.05, 3.63) is 24.2 Å². The Labute approximate surface area is 112 Å². The third kappa shape index (κ3) is 2.14. The minimum absolute atomic E-state index is 0.542. The van der Waals surface area contributed by atoms with Gasteiger partial charge in [0.25, 0.3) is 0 Å². The maximum Gasteiger partial charge on any atom is 0.160 e. The predicted molar refractivity (Wildman–Crippen MR) is 76.9 cm³/mol. The van der Waals surface area contributed by atoms with Gasteiger partial charge in [0.15, 0.2) is 5.65 Å². The molecule has 3 rings (SSSR count). The summed E-state index contributed by atoms with van der Waals surface area (Å²) in [5.74, 6) is 2.48. The monoisotopic (exact) mass is 261 g/mol. The van der Waals surface area contributed by atoms with E-state index in [9.17, 15) is 0 Å². The summed E-state index contributed by atoms with van der Waals surface area (Å²) >= 11 is 2.06. The van der Waals surface area contributed by atoms with Crippen molar-refractivity contribution in [2.45, 2.75) is 44.4 Å². The quantitative estimate of drug-likeness (QED) is 0.842. The van der Waals surface area contributed by atoms with Gasteiger partial charge in [-0.25, -0.2) is 9.97 Å². The largest absolute Gasteiger partial charge is 0.300 e. The van der Waals surface area contributed by atoms with E-state index in [2.05, 4.69) is 34.3 Å². The van der Waals surface area contributed by atoms with Crippen molar-refractivity contribution >= 4 is 22.9 Å². The first-order valence-electron chi connectivity index (χ1n) is 6.83. The number of imidazole rings is 1. The van der Waals surface area contributed by atoms with Gasteiger partial charge < -0.3 is 4.57 Å². The molecule has 0 bridgehead atoms. The lowest BCUT2D eigenvalue weighted by atomic mass is 10.2. The van der Waals surface area contributed by atoms with Crippen LogP contribution in [-0.4, -0.2) is 20.3 Å².